The molecule has 1 nitrogen and oxygen atoms in total. The highest BCUT2D eigenvalue weighted by Gasteiger charge is 1.99. The van der Waals surface area contributed by atoms with Crippen molar-refractivity contribution in [1.29, 1.82) is 0 Å². The normalized spacial score (nSPS) is 12.8. The standard InChI is InChI=1S/C13H21N/c1-4-12(3)14-10-9-13-8-6-5-7-11(13)2/h5-8,12,14H,4,9-10H2,1-3H3. The van der Waals surface area contributed by atoms with E-state index < -0.39 is 0 Å². The molecule has 0 saturated heterocycles. The first-order chi connectivity index (χ1) is 6.74. The topological polar surface area (TPSA) is 12.0 Å². The zero-order valence-electron chi connectivity index (χ0n) is 9.51. The van der Waals surface area contributed by atoms with Gasteiger partial charge in [0.25, 0.3) is 0 Å². The van der Waals surface area contributed by atoms with Crippen LogP contribution < -0.4 is 5.32 Å². The number of aryl methyl sites for hydroxylation is 1. The fraction of sp³-hybridized carbons (Fsp3) is 0.538. The second-order valence-electron chi connectivity index (χ2n) is 3.94. The molecule has 14 heavy (non-hydrogen) atoms. The van der Waals surface area contributed by atoms with Gasteiger partial charge < -0.3 is 5.32 Å². The molecule has 0 heterocycles. The number of benzene rings is 1. The van der Waals surface area contributed by atoms with E-state index >= 15 is 0 Å². The lowest BCUT2D eigenvalue weighted by molar-refractivity contribution is 0.537. The van der Waals surface area contributed by atoms with Crippen molar-refractivity contribution in [3.8, 4) is 0 Å². The molecule has 1 aromatic carbocycles. The second-order valence-corrected chi connectivity index (χ2v) is 3.94. The van der Waals surface area contributed by atoms with Crippen molar-refractivity contribution in [2.75, 3.05) is 6.54 Å². The van der Waals surface area contributed by atoms with Crippen molar-refractivity contribution < 1.29 is 0 Å². The Morgan fingerprint density at radius 1 is 1.29 bits per heavy atom. The fourth-order valence-electron chi connectivity index (χ4n) is 1.49. The van der Waals surface area contributed by atoms with Crippen LogP contribution in [-0.2, 0) is 6.42 Å². The second kappa shape index (κ2) is 5.82. The van der Waals surface area contributed by atoms with Crippen molar-refractivity contribution >= 4 is 0 Å². The number of hydrogen-bond acceptors (Lipinski definition) is 1. The fourth-order valence-corrected chi connectivity index (χ4v) is 1.49. The summed E-state index contributed by atoms with van der Waals surface area (Å²) in [5.41, 5.74) is 2.86. The van der Waals surface area contributed by atoms with Crippen LogP contribution in [0.2, 0.25) is 0 Å². The van der Waals surface area contributed by atoms with Gasteiger partial charge in [0.05, 0.1) is 0 Å². The van der Waals surface area contributed by atoms with Crippen LogP contribution in [0.1, 0.15) is 31.4 Å². The number of nitrogens with one attached hydrogen (secondary N) is 1. The Balaban J connectivity index is 2.35. The maximum absolute atomic E-state index is 3.51. The van der Waals surface area contributed by atoms with E-state index in [0.717, 1.165) is 13.0 Å². The SMILES string of the molecule is CCC(C)NCCc1ccccc1C. The van der Waals surface area contributed by atoms with Crippen LogP contribution in [0.3, 0.4) is 0 Å². The molecule has 0 radical (unpaired) electrons. The van der Waals surface area contributed by atoms with E-state index in [9.17, 15) is 0 Å². The highest BCUT2D eigenvalue weighted by atomic mass is 14.9. The molecule has 0 bridgehead atoms. The van der Waals surface area contributed by atoms with Gasteiger partial charge in [-0.15, -0.1) is 0 Å². The highest BCUT2D eigenvalue weighted by Crippen LogP contribution is 2.06. The lowest BCUT2D eigenvalue weighted by Crippen LogP contribution is -2.27. The van der Waals surface area contributed by atoms with Gasteiger partial charge in [0.1, 0.15) is 0 Å². The van der Waals surface area contributed by atoms with Gasteiger partial charge in [-0.05, 0) is 44.4 Å². The third kappa shape index (κ3) is 3.51. The van der Waals surface area contributed by atoms with Gasteiger partial charge in [-0.3, -0.25) is 0 Å². The largest absolute Gasteiger partial charge is 0.314 e. The summed E-state index contributed by atoms with van der Waals surface area (Å²) in [6.07, 6.45) is 2.34. The average molecular weight is 191 g/mol. The molecule has 0 aliphatic heterocycles. The van der Waals surface area contributed by atoms with Crippen molar-refractivity contribution in [2.45, 2.75) is 39.7 Å². The Hall–Kier alpha value is -0.820. The Morgan fingerprint density at radius 2 is 2.00 bits per heavy atom. The molecule has 0 aromatic heterocycles. The summed E-state index contributed by atoms with van der Waals surface area (Å²) in [4.78, 5) is 0. The zero-order valence-corrected chi connectivity index (χ0v) is 9.51. The van der Waals surface area contributed by atoms with Crippen molar-refractivity contribution in [3.63, 3.8) is 0 Å². The summed E-state index contributed by atoms with van der Waals surface area (Å²) in [6.45, 7) is 7.71. The molecule has 78 valence electrons. The van der Waals surface area contributed by atoms with Gasteiger partial charge in [0, 0.05) is 6.04 Å². The van der Waals surface area contributed by atoms with E-state index in [1.165, 1.54) is 17.5 Å². The van der Waals surface area contributed by atoms with Crippen molar-refractivity contribution in [2.24, 2.45) is 0 Å². The summed E-state index contributed by atoms with van der Waals surface area (Å²) >= 11 is 0. The lowest BCUT2D eigenvalue weighted by Gasteiger charge is -2.11. The van der Waals surface area contributed by atoms with Crippen LogP contribution in [0.5, 0.6) is 0 Å². The van der Waals surface area contributed by atoms with Gasteiger partial charge in [-0.25, -0.2) is 0 Å². The summed E-state index contributed by atoms with van der Waals surface area (Å²) in [5, 5.41) is 3.51. The zero-order chi connectivity index (χ0) is 10.4. The Kier molecular flexibility index (Phi) is 4.68. The molecule has 1 atom stereocenters. The molecule has 0 spiro atoms. The molecule has 0 saturated carbocycles. The summed E-state index contributed by atoms with van der Waals surface area (Å²) in [7, 11) is 0. The van der Waals surface area contributed by atoms with E-state index in [4.69, 9.17) is 0 Å². The minimum absolute atomic E-state index is 0.638. The number of hydrogen-bond donors (Lipinski definition) is 1. The Labute approximate surface area is 87.5 Å². The monoisotopic (exact) mass is 191 g/mol. The maximum atomic E-state index is 3.51. The van der Waals surface area contributed by atoms with Gasteiger partial charge in [0.15, 0.2) is 0 Å². The van der Waals surface area contributed by atoms with Gasteiger partial charge in [-0.2, -0.15) is 0 Å². The van der Waals surface area contributed by atoms with E-state index in [1.807, 2.05) is 0 Å². The third-order valence-electron chi connectivity index (χ3n) is 2.76. The van der Waals surface area contributed by atoms with Gasteiger partial charge in [0.2, 0.25) is 0 Å². The molecule has 1 unspecified atom stereocenters. The van der Waals surface area contributed by atoms with Crippen LogP contribution in [0, 0.1) is 6.92 Å². The minimum atomic E-state index is 0.638. The van der Waals surface area contributed by atoms with Crippen molar-refractivity contribution in [1.82, 2.24) is 5.32 Å². The highest BCUT2D eigenvalue weighted by molar-refractivity contribution is 5.25. The predicted octanol–water partition coefficient (Wildman–Crippen LogP) is 2.93. The lowest BCUT2D eigenvalue weighted by atomic mass is 10.1. The molecule has 0 amide bonds. The molecular formula is C13H21N. The molecule has 0 aliphatic carbocycles. The summed E-state index contributed by atoms with van der Waals surface area (Å²) < 4.78 is 0. The maximum Gasteiger partial charge on any atom is 0.00362 e. The van der Waals surface area contributed by atoms with Gasteiger partial charge >= 0.3 is 0 Å². The van der Waals surface area contributed by atoms with Crippen molar-refractivity contribution in [3.05, 3.63) is 35.4 Å². The average Bonchev–Trinajstić information content (AvgIpc) is 2.20. The molecule has 0 aliphatic rings. The van der Waals surface area contributed by atoms with E-state index in [-0.39, 0.29) is 0 Å². The quantitative estimate of drug-likeness (QED) is 0.754. The molecule has 1 heteroatoms. The van der Waals surface area contributed by atoms with Crippen LogP contribution >= 0.6 is 0 Å². The first kappa shape index (κ1) is 11.3. The number of rotatable bonds is 5. The molecular weight excluding hydrogens is 170 g/mol. The van der Waals surface area contributed by atoms with Gasteiger partial charge in [-0.1, -0.05) is 31.2 Å². The van der Waals surface area contributed by atoms with Crippen LogP contribution in [-0.4, -0.2) is 12.6 Å². The molecule has 0 fully saturated rings. The Morgan fingerprint density at radius 3 is 2.64 bits per heavy atom. The first-order valence-corrected chi connectivity index (χ1v) is 5.52. The third-order valence-corrected chi connectivity index (χ3v) is 2.76. The summed E-state index contributed by atoms with van der Waals surface area (Å²) in [6, 6.07) is 9.25. The van der Waals surface area contributed by atoms with E-state index in [0.29, 0.717) is 6.04 Å². The smallest absolute Gasteiger partial charge is 0.00362 e. The molecule has 1 aromatic rings. The van der Waals surface area contributed by atoms with E-state index in [2.05, 4.69) is 50.4 Å². The van der Waals surface area contributed by atoms with Crippen LogP contribution in [0.15, 0.2) is 24.3 Å². The summed E-state index contributed by atoms with van der Waals surface area (Å²) in [5.74, 6) is 0. The Bertz CT molecular complexity index is 268. The molecule has 1 rings (SSSR count). The van der Waals surface area contributed by atoms with Crippen LogP contribution in [0.4, 0.5) is 0 Å². The minimum Gasteiger partial charge on any atom is -0.314 e. The first-order valence-electron chi connectivity index (χ1n) is 5.52. The van der Waals surface area contributed by atoms with E-state index in [1.54, 1.807) is 0 Å². The van der Waals surface area contributed by atoms with Crippen LogP contribution in [0.25, 0.3) is 0 Å². The molecule has 1 N–H and O–H groups in total. The predicted molar refractivity (Wildman–Crippen MR) is 62.6 cm³/mol.